The molecule has 0 saturated carbocycles. The molecular formula is C29H39N5O3. The lowest BCUT2D eigenvalue weighted by Gasteiger charge is -2.40. The maximum absolute atomic E-state index is 13.0. The Kier molecular flexibility index (Phi) is 7.04. The maximum atomic E-state index is 13.0. The molecule has 0 atom stereocenters. The van der Waals surface area contributed by atoms with Crippen molar-refractivity contribution in [2.24, 2.45) is 0 Å². The first-order chi connectivity index (χ1) is 18.1. The van der Waals surface area contributed by atoms with Crippen LogP contribution in [-0.2, 0) is 27.8 Å². The van der Waals surface area contributed by atoms with Crippen molar-refractivity contribution < 1.29 is 9.53 Å². The number of H-pyrrole nitrogens is 1. The minimum Gasteiger partial charge on any atom is -0.379 e. The Hall–Kier alpha value is -2.71. The number of nitrogens with one attached hydrogen (secondary N) is 1. The first-order valence-electron chi connectivity index (χ1n) is 14.1. The minimum absolute atomic E-state index is 0.0458. The number of carbonyl (C=O) groups is 1. The Balaban J connectivity index is 1.10. The van der Waals surface area contributed by atoms with Gasteiger partial charge in [0.1, 0.15) is 0 Å². The summed E-state index contributed by atoms with van der Waals surface area (Å²) in [5, 5.41) is 0. The third-order valence-electron chi connectivity index (χ3n) is 8.91. The number of benzene rings is 1. The third-order valence-corrected chi connectivity index (χ3v) is 8.91. The summed E-state index contributed by atoms with van der Waals surface area (Å²) in [7, 11) is 0. The van der Waals surface area contributed by atoms with E-state index in [9.17, 15) is 9.59 Å². The quantitative estimate of drug-likeness (QED) is 0.620. The van der Waals surface area contributed by atoms with Gasteiger partial charge in [-0.15, -0.1) is 0 Å². The van der Waals surface area contributed by atoms with Crippen LogP contribution in [0.15, 0.2) is 29.1 Å². The van der Waals surface area contributed by atoms with Gasteiger partial charge < -0.3 is 14.5 Å². The van der Waals surface area contributed by atoms with Crippen LogP contribution in [0.5, 0.6) is 0 Å². The molecule has 0 unspecified atom stereocenters. The lowest BCUT2D eigenvalue weighted by molar-refractivity contribution is -0.118. The number of carbonyl (C=O) groups excluding carboxylic acids is 1. The molecule has 1 aromatic heterocycles. The SMILES string of the molecule is O=C(CCCN1CCOCC1)CN1CC2(CCN(c3nc4c(c(=O)[nH]3)CCCC4)CC2)c2ccccc21. The molecule has 1 aromatic carbocycles. The zero-order valence-corrected chi connectivity index (χ0v) is 21.8. The molecule has 0 amide bonds. The van der Waals surface area contributed by atoms with Gasteiger partial charge in [0.25, 0.3) is 5.56 Å². The lowest BCUT2D eigenvalue weighted by Crippen LogP contribution is -2.46. The Morgan fingerprint density at radius 2 is 1.84 bits per heavy atom. The number of rotatable bonds is 7. The normalized spacial score (nSPS) is 21.2. The van der Waals surface area contributed by atoms with E-state index in [2.05, 4.69) is 43.9 Å². The molecule has 0 radical (unpaired) electrons. The molecule has 2 fully saturated rings. The van der Waals surface area contributed by atoms with Gasteiger partial charge in [0, 0.05) is 55.8 Å². The van der Waals surface area contributed by atoms with Crippen LogP contribution in [0.3, 0.4) is 0 Å². The van der Waals surface area contributed by atoms with Gasteiger partial charge in [0.05, 0.1) is 25.5 Å². The van der Waals surface area contributed by atoms with E-state index in [4.69, 9.17) is 9.72 Å². The summed E-state index contributed by atoms with van der Waals surface area (Å²) >= 11 is 0. The van der Waals surface area contributed by atoms with E-state index in [1.165, 1.54) is 11.3 Å². The van der Waals surface area contributed by atoms with Crippen molar-refractivity contribution in [2.75, 3.05) is 68.8 Å². The van der Waals surface area contributed by atoms with E-state index < -0.39 is 0 Å². The molecule has 4 aliphatic rings. The summed E-state index contributed by atoms with van der Waals surface area (Å²) < 4.78 is 5.43. The van der Waals surface area contributed by atoms with Crippen LogP contribution in [0.4, 0.5) is 11.6 Å². The highest BCUT2D eigenvalue weighted by atomic mass is 16.5. The van der Waals surface area contributed by atoms with Gasteiger partial charge in [-0.1, -0.05) is 18.2 Å². The summed E-state index contributed by atoms with van der Waals surface area (Å²) in [6.07, 6.45) is 7.49. The van der Waals surface area contributed by atoms with Gasteiger partial charge in [-0.05, 0) is 63.1 Å². The fourth-order valence-corrected chi connectivity index (χ4v) is 6.81. The average molecular weight is 506 g/mol. The van der Waals surface area contributed by atoms with Crippen LogP contribution >= 0.6 is 0 Å². The number of ether oxygens (including phenoxy) is 1. The predicted molar refractivity (Wildman–Crippen MR) is 145 cm³/mol. The standard InChI is InChI=1S/C29H39N5O3/c35-22(6-5-13-32-16-18-37-19-17-32)20-34-21-29(24-8-2-4-10-26(24)34)11-14-33(15-12-29)28-30-25-9-3-1-7-23(25)27(36)31-28/h2,4,8,10H,1,3,5-7,9,11-21H2,(H,30,31,36). The first kappa shape index (κ1) is 24.6. The van der Waals surface area contributed by atoms with E-state index in [-0.39, 0.29) is 11.0 Å². The molecule has 1 aliphatic carbocycles. The van der Waals surface area contributed by atoms with Crippen molar-refractivity contribution >= 4 is 17.4 Å². The number of hydrogen-bond donors (Lipinski definition) is 1. The van der Waals surface area contributed by atoms with Gasteiger partial charge in [-0.2, -0.15) is 0 Å². The van der Waals surface area contributed by atoms with Crippen molar-refractivity contribution in [2.45, 2.75) is 56.8 Å². The second kappa shape index (κ2) is 10.6. The molecule has 1 spiro atoms. The second-order valence-electron chi connectivity index (χ2n) is 11.3. The highest BCUT2D eigenvalue weighted by Gasteiger charge is 2.45. The van der Waals surface area contributed by atoms with E-state index in [0.29, 0.717) is 18.7 Å². The zero-order valence-electron chi connectivity index (χ0n) is 21.8. The Morgan fingerprint density at radius 3 is 2.68 bits per heavy atom. The van der Waals surface area contributed by atoms with Crippen LogP contribution in [0.25, 0.3) is 0 Å². The number of nitrogens with zero attached hydrogens (tertiary/aromatic N) is 4. The van der Waals surface area contributed by atoms with E-state index in [1.807, 2.05) is 0 Å². The van der Waals surface area contributed by atoms with Crippen LogP contribution in [0.1, 0.15) is 55.3 Å². The number of aromatic amines is 1. The highest BCUT2D eigenvalue weighted by Crippen LogP contribution is 2.47. The second-order valence-corrected chi connectivity index (χ2v) is 11.3. The number of para-hydroxylation sites is 1. The molecule has 3 aliphatic heterocycles. The van der Waals surface area contributed by atoms with Crippen molar-refractivity contribution in [1.29, 1.82) is 0 Å². The molecule has 37 heavy (non-hydrogen) atoms. The van der Waals surface area contributed by atoms with Crippen molar-refractivity contribution in [3.8, 4) is 0 Å². The Morgan fingerprint density at radius 1 is 1.05 bits per heavy atom. The minimum atomic E-state index is 0.0458. The fourth-order valence-electron chi connectivity index (χ4n) is 6.81. The van der Waals surface area contributed by atoms with Gasteiger partial charge in [0.15, 0.2) is 5.78 Å². The van der Waals surface area contributed by atoms with Crippen LogP contribution < -0.4 is 15.4 Å². The summed E-state index contributed by atoms with van der Waals surface area (Å²) in [6, 6.07) is 8.65. The molecule has 8 nitrogen and oxygen atoms in total. The van der Waals surface area contributed by atoms with Crippen molar-refractivity contribution in [3.63, 3.8) is 0 Å². The maximum Gasteiger partial charge on any atom is 0.255 e. The van der Waals surface area contributed by atoms with Crippen molar-refractivity contribution in [3.05, 3.63) is 51.4 Å². The number of hydrogen-bond acceptors (Lipinski definition) is 7. The smallest absolute Gasteiger partial charge is 0.255 e. The number of aryl methyl sites for hydroxylation is 1. The monoisotopic (exact) mass is 505 g/mol. The highest BCUT2D eigenvalue weighted by molar-refractivity contribution is 5.84. The number of piperidine rings is 1. The number of Topliss-reactive ketones (excluding diaryl/α,β-unsaturated/α-hetero) is 1. The molecule has 8 heteroatoms. The zero-order chi connectivity index (χ0) is 25.2. The number of aromatic nitrogens is 2. The molecule has 0 bridgehead atoms. The van der Waals surface area contributed by atoms with Crippen molar-refractivity contribution in [1.82, 2.24) is 14.9 Å². The van der Waals surface area contributed by atoms with Gasteiger partial charge in [-0.25, -0.2) is 4.98 Å². The molecule has 1 N–H and O–H groups in total. The van der Waals surface area contributed by atoms with E-state index >= 15 is 0 Å². The number of fused-ring (bicyclic) bond motifs is 3. The average Bonchev–Trinajstić information content (AvgIpc) is 3.22. The van der Waals surface area contributed by atoms with Gasteiger partial charge in [0.2, 0.25) is 5.95 Å². The number of anilines is 2. The Bertz CT molecular complexity index is 1180. The van der Waals surface area contributed by atoms with Crippen LogP contribution in [-0.4, -0.2) is 79.7 Å². The number of ketones is 1. The molecule has 6 rings (SSSR count). The predicted octanol–water partition coefficient (Wildman–Crippen LogP) is 2.69. The lowest BCUT2D eigenvalue weighted by atomic mass is 9.74. The summed E-state index contributed by atoms with van der Waals surface area (Å²) in [5.74, 6) is 1.06. The van der Waals surface area contributed by atoms with Crippen LogP contribution in [0.2, 0.25) is 0 Å². The molecule has 2 saturated heterocycles. The fraction of sp³-hybridized carbons (Fsp3) is 0.621. The van der Waals surface area contributed by atoms with E-state index in [1.54, 1.807) is 0 Å². The summed E-state index contributed by atoms with van der Waals surface area (Å²) in [6.45, 7) is 7.63. The Labute approximate surface area is 219 Å². The van der Waals surface area contributed by atoms with Crippen LogP contribution in [0, 0.1) is 0 Å². The summed E-state index contributed by atoms with van der Waals surface area (Å²) in [5.41, 5.74) is 4.58. The molecule has 198 valence electrons. The topological polar surface area (TPSA) is 81.8 Å². The molecule has 2 aromatic rings. The van der Waals surface area contributed by atoms with Gasteiger partial charge >= 0.3 is 0 Å². The molecule has 4 heterocycles. The summed E-state index contributed by atoms with van der Waals surface area (Å²) in [4.78, 5) is 40.6. The van der Waals surface area contributed by atoms with E-state index in [0.717, 1.165) is 115 Å². The van der Waals surface area contributed by atoms with Gasteiger partial charge in [-0.3, -0.25) is 19.5 Å². The molecular weight excluding hydrogens is 466 g/mol. The first-order valence-corrected chi connectivity index (χ1v) is 14.1. The third kappa shape index (κ3) is 5.06. The largest absolute Gasteiger partial charge is 0.379 e. The number of morpholine rings is 1.